The molecule has 0 spiro atoms. The highest BCUT2D eigenvalue weighted by Crippen LogP contribution is 2.45. The number of pyridine rings is 2. The van der Waals surface area contributed by atoms with Crippen LogP contribution in [0.5, 0.6) is 0 Å². The number of hydrogen-bond acceptors (Lipinski definition) is 8. The Balaban J connectivity index is 0.000000145. The zero-order valence-electron chi connectivity index (χ0n) is 68.2. The van der Waals surface area contributed by atoms with Gasteiger partial charge in [0, 0.05) is 88.6 Å². The number of aromatic nitrogens is 10. The number of imidazole rings is 2. The third-order valence-corrected chi connectivity index (χ3v) is 24.0. The van der Waals surface area contributed by atoms with Crippen LogP contribution < -0.4 is 0 Å². The first-order chi connectivity index (χ1) is 62.4. The number of para-hydroxylation sites is 4. The minimum absolute atomic E-state index is 0.658. The summed E-state index contributed by atoms with van der Waals surface area (Å²) in [5.74, 6) is 3.09. The molecule has 0 aliphatic rings. The molecule has 0 unspecified atom stereocenters. The lowest BCUT2D eigenvalue weighted by Gasteiger charge is -2.14. The Bertz CT molecular complexity index is 8090. The maximum Gasteiger partial charge on any atom is 0.160 e. The second-order valence-corrected chi connectivity index (χ2v) is 31.7. The van der Waals surface area contributed by atoms with Crippen molar-refractivity contribution >= 4 is 87.0 Å². The van der Waals surface area contributed by atoms with E-state index in [1.165, 1.54) is 27.3 Å². The molecule has 0 fully saturated rings. The lowest BCUT2D eigenvalue weighted by molar-refractivity contribution is 1.10. The minimum Gasteiger partial charge on any atom is -0.292 e. The summed E-state index contributed by atoms with van der Waals surface area (Å²) in [6, 6.07) is 157. The van der Waals surface area contributed by atoms with E-state index < -0.39 is 0 Å². The Morgan fingerprint density at radius 2 is 0.476 bits per heavy atom. The Morgan fingerprint density at radius 1 is 0.167 bits per heavy atom. The first kappa shape index (κ1) is 74.0. The van der Waals surface area contributed by atoms with Gasteiger partial charge in [-0.25, -0.2) is 39.9 Å². The fraction of sp³-hybridized carbons (Fsp3) is 0. The van der Waals surface area contributed by atoms with Crippen LogP contribution >= 0.6 is 0 Å². The van der Waals surface area contributed by atoms with E-state index in [1.807, 2.05) is 30.3 Å². The Labute approximate surface area is 726 Å². The van der Waals surface area contributed by atoms with Crippen molar-refractivity contribution in [3.8, 4) is 147 Å². The maximum atomic E-state index is 5.50. The summed E-state index contributed by atoms with van der Waals surface area (Å²) in [4.78, 5) is 43.0. The maximum absolute atomic E-state index is 5.50. The minimum atomic E-state index is 0.658. The van der Waals surface area contributed by atoms with Crippen molar-refractivity contribution in [2.45, 2.75) is 0 Å². The van der Waals surface area contributed by atoms with Gasteiger partial charge < -0.3 is 0 Å². The predicted molar refractivity (Wildman–Crippen MR) is 519 cm³/mol. The van der Waals surface area contributed by atoms with Gasteiger partial charge in [-0.1, -0.05) is 364 Å². The number of nitrogens with zero attached hydrogens (tertiary/aromatic N) is 10. The van der Waals surface area contributed by atoms with E-state index in [9.17, 15) is 0 Å². The second-order valence-electron chi connectivity index (χ2n) is 31.7. The van der Waals surface area contributed by atoms with Gasteiger partial charge in [-0.05, 0) is 140 Å². The Hall–Kier alpha value is -17.1. The topological polar surface area (TPSA) is 113 Å². The summed E-state index contributed by atoms with van der Waals surface area (Å²) in [5.41, 5.74) is 27.4. The molecule has 0 aliphatic heterocycles. The molecule has 0 aliphatic carbocycles. The normalized spacial score (nSPS) is 11.5. The average molecular weight is 1610 g/mol. The van der Waals surface area contributed by atoms with Gasteiger partial charge in [-0.3, -0.25) is 9.13 Å². The summed E-state index contributed by atoms with van der Waals surface area (Å²) >= 11 is 0. The molecule has 588 valence electrons. The molecule has 18 aromatic carbocycles. The van der Waals surface area contributed by atoms with Crippen molar-refractivity contribution in [2.24, 2.45) is 0 Å². The molecule has 0 saturated carbocycles. The van der Waals surface area contributed by atoms with Crippen LogP contribution in [0.3, 0.4) is 0 Å². The number of rotatable bonds is 14. The summed E-state index contributed by atoms with van der Waals surface area (Å²) in [7, 11) is 0. The summed E-state index contributed by atoms with van der Waals surface area (Å²) < 4.78 is 4.53. The second kappa shape index (κ2) is 31.8. The van der Waals surface area contributed by atoms with Crippen molar-refractivity contribution in [1.82, 2.24) is 49.0 Å². The van der Waals surface area contributed by atoms with Gasteiger partial charge in [0.25, 0.3) is 0 Å². The van der Waals surface area contributed by atoms with Crippen LogP contribution in [0.2, 0.25) is 0 Å². The molecule has 0 bridgehead atoms. The summed E-state index contributed by atoms with van der Waals surface area (Å²) in [5, 5.41) is 11.1. The lowest BCUT2D eigenvalue weighted by atomic mass is 9.97. The number of hydrogen-bond donors (Lipinski definition) is 0. The molecular weight excluding hydrogens is 1530 g/mol. The van der Waals surface area contributed by atoms with E-state index in [1.54, 1.807) is 0 Å². The largest absolute Gasteiger partial charge is 0.292 e. The average Bonchev–Trinajstić information content (AvgIpc) is 1.52. The molecule has 24 rings (SSSR count). The Kier molecular flexibility index (Phi) is 18.7. The molecule has 0 N–H and O–H groups in total. The van der Waals surface area contributed by atoms with Gasteiger partial charge >= 0.3 is 0 Å². The van der Waals surface area contributed by atoms with Crippen LogP contribution in [0, 0.1) is 0 Å². The Morgan fingerprint density at radius 3 is 0.921 bits per heavy atom. The number of benzene rings is 18. The van der Waals surface area contributed by atoms with Crippen LogP contribution in [0.25, 0.3) is 234 Å². The predicted octanol–water partition coefficient (Wildman–Crippen LogP) is 29.3. The SMILES string of the molecule is c1ccc(-c2ccc(-c3cc(-c4cccc(-c5nc6ccccc6c6ccc7c(nc(-c8ccccc8)n7-c7ccccc7)c56)c4)nc(-c4ccc(-c5ccccc5)cc4)n3)cc2)cc1.c1ccc(-c2nc3c4c(-c5cccc(-c6cc(-c7ccc8ccccc8c7)nc(-c7ccc8ccccc8c7)n6)c5)nc5ccccc5c4ccc3n2-c2ccccc2)cc1. The summed E-state index contributed by atoms with van der Waals surface area (Å²) in [6.07, 6.45) is 0. The van der Waals surface area contributed by atoms with Crippen molar-refractivity contribution in [2.75, 3.05) is 0 Å². The highest BCUT2D eigenvalue weighted by Gasteiger charge is 2.26. The fourth-order valence-corrected chi connectivity index (χ4v) is 17.8. The van der Waals surface area contributed by atoms with Gasteiger partial charge in [0.05, 0.1) is 67.3 Å². The van der Waals surface area contributed by atoms with Crippen LogP contribution in [0.15, 0.2) is 449 Å². The van der Waals surface area contributed by atoms with Crippen molar-refractivity contribution in [3.05, 3.63) is 449 Å². The third kappa shape index (κ3) is 13.8. The van der Waals surface area contributed by atoms with E-state index in [2.05, 4.69) is 428 Å². The van der Waals surface area contributed by atoms with Gasteiger partial charge in [-0.15, -0.1) is 0 Å². The molecule has 0 saturated heterocycles. The van der Waals surface area contributed by atoms with Gasteiger partial charge in [0.2, 0.25) is 0 Å². The van der Waals surface area contributed by atoms with E-state index in [0.29, 0.717) is 11.6 Å². The lowest BCUT2D eigenvalue weighted by Crippen LogP contribution is -1.97. The molecule has 24 aromatic rings. The first-order valence-corrected chi connectivity index (χ1v) is 42.4. The first-order valence-electron chi connectivity index (χ1n) is 42.4. The van der Waals surface area contributed by atoms with Crippen molar-refractivity contribution < 1.29 is 0 Å². The highest BCUT2D eigenvalue weighted by atomic mass is 15.1. The number of fused-ring (bicyclic) bond motifs is 12. The smallest absolute Gasteiger partial charge is 0.160 e. The highest BCUT2D eigenvalue weighted by molar-refractivity contribution is 6.22. The molecule has 0 atom stereocenters. The fourth-order valence-electron chi connectivity index (χ4n) is 17.8. The van der Waals surface area contributed by atoms with Gasteiger partial charge in [-0.2, -0.15) is 0 Å². The van der Waals surface area contributed by atoms with Gasteiger partial charge in [0.15, 0.2) is 11.6 Å². The van der Waals surface area contributed by atoms with Crippen LogP contribution in [-0.4, -0.2) is 49.0 Å². The molecule has 0 radical (unpaired) electrons. The van der Waals surface area contributed by atoms with Crippen molar-refractivity contribution in [3.63, 3.8) is 0 Å². The van der Waals surface area contributed by atoms with Gasteiger partial charge in [0.1, 0.15) is 11.6 Å². The monoisotopic (exact) mass is 1610 g/mol. The molecular formula is C116H74N10. The molecule has 10 heteroatoms. The third-order valence-electron chi connectivity index (χ3n) is 24.0. The van der Waals surface area contributed by atoms with E-state index in [0.717, 1.165) is 195 Å². The molecule has 6 aromatic heterocycles. The van der Waals surface area contributed by atoms with Crippen molar-refractivity contribution in [1.29, 1.82) is 0 Å². The zero-order chi connectivity index (χ0) is 83.4. The quantitative estimate of drug-likeness (QED) is 0.0990. The van der Waals surface area contributed by atoms with Crippen LogP contribution in [0.4, 0.5) is 0 Å². The molecule has 6 heterocycles. The van der Waals surface area contributed by atoms with E-state index >= 15 is 0 Å². The zero-order valence-corrected chi connectivity index (χ0v) is 68.2. The molecule has 126 heavy (non-hydrogen) atoms. The van der Waals surface area contributed by atoms with E-state index in [-0.39, 0.29) is 0 Å². The standard InChI is InChI=1S/C60H39N5.C56H35N5/c1-5-16-40(17-6-1)42-28-32-44(33-29-42)53-39-54(63-59(62-53)45-34-30-43(31-35-45)41-18-7-2-8-19-41)47-22-15-23-48(38-47)57-56-51(50-26-13-14-27-52(50)61-57)36-37-55-58(56)64-60(46-20-9-3-10-21-46)65(55)49-24-11-4-12-25-49;1-3-16-38(17-4-1)56-60-54-51(61(56)45-22-5-2-6-23-45)31-30-47-46-24-11-12-25-48(46)57-53(52(47)54)43-21-13-20-41(34-43)49-35-50(42-28-26-36-14-7-9-18-39(36)32-42)59-55(58-49)44-29-27-37-15-8-10-19-40(37)33-44/h1-39H;1-35H. The van der Waals surface area contributed by atoms with E-state index in [4.69, 9.17) is 39.9 Å². The molecule has 0 amide bonds. The van der Waals surface area contributed by atoms with Crippen LogP contribution in [0.1, 0.15) is 0 Å². The van der Waals surface area contributed by atoms with Crippen LogP contribution in [-0.2, 0) is 0 Å². The summed E-state index contributed by atoms with van der Waals surface area (Å²) in [6.45, 7) is 0. The molecule has 10 nitrogen and oxygen atoms in total.